The van der Waals surface area contributed by atoms with Crippen LogP contribution in [-0.2, 0) is 27.4 Å². The normalized spacial score (nSPS) is 21.8. The van der Waals surface area contributed by atoms with Crippen molar-refractivity contribution in [2.75, 3.05) is 52.6 Å². The molecule has 2 aromatic rings. The molecule has 1 amide bonds. The van der Waals surface area contributed by atoms with E-state index in [0.717, 1.165) is 31.6 Å². The number of hydrogen-bond acceptors (Lipinski definition) is 6. The summed E-state index contributed by atoms with van der Waals surface area (Å²) in [6.07, 6.45) is 5.35. The zero-order valence-electron chi connectivity index (χ0n) is 19.2. The molecule has 4 rings (SSSR count). The highest BCUT2D eigenvalue weighted by atomic mass is 35.5. The van der Waals surface area contributed by atoms with E-state index in [0.29, 0.717) is 50.2 Å². The minimum Gasteiger partial charge on any atom is -0.491 e. The molecule has 2 fully saturated rings. The van der Waals surface area contributed by atoms with Gasteiger partial charge in [-0.3, -0.25) is 14.4 Å². The second kappa shape index (κ2) is 11.3. The van der Waals surface area contributed by atoms with Crippen molar-refractivity contribution in [2.45, 2.75) is 38.5 Å². The minimum absolute atomic E-state index is 0.0793. The van der Waals surface area contributed by atoms with Gasteiger partial charge in [0, 0.05) is 56.1 Å². The molecule has 33 heavy (non-hydrogen) atoms. The maximum atomic E-state index is 13.2. The van der Waals surface area contributed by atoms with Gasteiger partial charge in [0.2, 0.25) is 5.91 Å². The minimum atomic E-state index is -0.729. The predicted octanol–water partition coefficient (Wildman–Crippen LogP) is 2.85. The number of aryl methyl sites for hydroxylation is 1. The van der Waals surface area contributed by atoms with Crippen molar-refractivity contribution in [1.29, 1.82) is 0 Å². The number of aromatic nitrogens is 2. The molecule has 2 aliphatic heterocycles. The first-order chi connectivity index (χ1) is 16.0. The molecule has 2 aliphatic rings. The van der Waals surface area contributed by atoms with Crippen LogP contribution in [0.3, 0.4) is 0 Å². The molecule has 0 spiro atoms. The number of benzene rings is 1. The van der Waals surface area contributed by atoms with Gasteiger partial charge in [-0.2, -0.15) is 5.10 Å². The van der Waals surface area contributed by atoms with Crippen LogP contribution in [-0.4, -0.2) is 83.7 Å². The Balaban J connectivity index is 1.46. The average molecular weight is 477 g/mol. The highest BCUT2D eigenvalue weighted by Gasteiger charge is 2.41. The van der Waals surface area contributed by atoms with Gasteiger partial charge in [-0.15, -0.1) is 0 Å². The summed E-state index contributed by atoms with van der Waals surface area (Å²) in [4.78, 5) is 17.3. The Kier molecular flexibility index (Phi) is 8.25. The lowest BCUT2D eigenvalue weighted by atomic mass is 9.96. The van der Waals surface area contributed by atoms with Crippen LogP contribution in [0.25, 0.3) is 0 Å². The second-order valence-electron chi connectivity index (χ2n) is 8.77. The van der Waals surface area contributed by atoms with Crippen molar-refractivity contribution >= 4 is 17.5 Å². The Labute approximate surface area is 200 Å². The first-order valence-corrected chi connectivity index (χ1v) is 12.0. The number of morpholine rings is 2. The van der Waals surface area contributed by atoms with Gasteiger partial charge in [0.25, 0.3) is 0 Å². The maximum absolute atomic E-state index is 13.2. The van der Waals surface area contributed by atoms with Crippen molar-refractivity contribution in [2.24, 2.45) is 0 Å². The Morgan fingerprint density at radius 2 is 1.97 bits per heavy atom. The van der Waals surface area contributed by atoms with Crippen molar-refractivity contribution in [3.8, 4) is 5.75 Å². The second-order valence-corrected chi connectivity index (χ2v) is 9.20. The van der Waals surface area contributed by atoms with E-state index in [-0.39, 0.29) is 18.9 Å². The molecule has 180 valence electrons. The Hall–Kier alpha value is -2.13. The number of carbonyl (C=O) groups excluding carboxylic acids is 1. The van der Waals surface area contributed by atoms with Crippen LogP contribution in [0.1, 0.15) is 25.3 Å². The Bertz CT molecular complexity index is 900. The van der Waals surface area contributed by atoms with E-state index < -0.39 is 5.60 Å². The van der Waals surface area contributed by atoms with Gasteiger partial charge in [-0.1, -0.05) is 18.5 Å². The summed E-state index contributed by atoms with van der Waals surface area (Å²) in [5, 5.41) is 5.11. The number of halogens is 1. The summed E-state index contributed by atoms with van der Waals surface area (Å²) in [5.41, 5.74) is 0.435. The third-order valence-corrected chi connectivity index (χ3v) is 6.28. The lowest BCUT2D eigenvalue weighted by molar-refractivity contribution is -0.159. The molecule has 2 saturated heterocycles. The van der Waals surface area contributed by atoms with E-state index in [1.165, 1.54) is 0 Å². The van der Waals surface area contributed by atoms with E-state index in [4.69, 9.17) is 25.8 Å². The molecule has 3 heterocycles. The van der Waals surface area contributed by atoms with Crippen molar-refractivity contribution in [1.82, 2.24) is 19.6 Å². The van der Waals surface area contributed by atoms with Gasteiger partial charge >= 0.3 is 0 Å². The topological polar surface area (TPSA) is 69.1 Å². The zero-order chi connectivity index (χ0) is 23.1. The quantitative estimate of drug-likeness (QED) is 0.554. The molecule has 8 nitrogen and oxygen atoms in total. The van der Waals surface area contributed by atoms with Crippen LogP contribution < -0.4 is 4.74 Å². The summed E-state index contributed by atoms with van der Waals surface area (Å²) in [5.74, 6) is 0.787. The maximum Gasteiger partial charge on any atom is 0.225 e. The molecular weight excluding hydrogens is 444 g/mol. The average Bonchev–Trinajstić information content (AvgIpc) is 3.26. The highest BCUT2D eigenvalue weighted by Crippen LogP contribution is 2.27. The van der Waals surface area contributed by atoms with Crippen molar-refractivity contribution < 1.29 is 19.0 Å². The Morgan fingerprint density at radius 3 is 2.73 bits per heavy atom. The summed E-state index contributed by atoms with van der Waals surface area (Å²) in [6, 6.07) is 7.26. The third-order valence-electron chi connectivity index (χ3n) is 6.03. The lowest BCUT2D eigenvalue weighted by Crippen LogP contribution is -2.57. The van der Waals surface area contributed by atoms with E-state index >= 15 is 0 Å². The van der Waals surface area contributed by atoms with E-state index in [1.807, 2.05) is 27.9 Å². The molecule has 0 N–H and O–H groups in total. The monoisotopic (exact) mass is 476 g/mol. The fourth-order valence-corrected chi connectivity index (χ4v) is 4.47. The first-order valence-electron chi connectivity index (χ1n) is 11.7. The summed E-state index contributed by atoms with van der Waals surface area (Å²) in [7, 11) is 0. The number of rotatable bonds is 9. The van der Waals surface area contributed by atoms with E-state index in [1.54, 1.807) is 12.1 Å². The van der Waals surface area contributed by atoms with Crippen LogP contribution in [0, 0.1) is 0 Å². The largest absolute Gasteiger partial charge is 0.491 e. The fraction of sp³-hybridized carbons (Fsp3) is 0.583. The molecule has 0 bridgehead atoms. The number of carbonyl (C=O) groups is 1. The SMILES string of the molecule is CCCn1cc(CN2CCOC(COc3ccc(Cl)cc3)(CC(=O)N3CCOCC3)C2)cn1. The molecule has 1 atom stereocenters. The smallest absolute Gasteiger partial charge is 0.225 e. The fourth-order valence-electron chi connectivity index (χ4n) is 4.35. The third kappa shape index (κ3) is 6.69. The van der Waals surface area contributed by atoms with Gasteiger partial charge in [0.1, 0.15) is 18.0 Å². The van der Waals surface area contributed by atoms with Gasteiger partial charge in [-0.25, -0.2) is 0 Å². The standard InChI is InChI=1S/C24H33ClN4O4/c1-2-7-29-17-20(15-26-29)16-27-8-13-33-24(18-27,14-23(30)28-9-11-31-12-10-28)19-32-22-5-3-21(25)4-6-22/h3-6,15,17H,2,7-14,16,18-19H2,1H3. The lowest BCUT2D eigenvalue weighted by Gasteiger charge is -2.43. The van der Waals surface area contributed by atoms with E-state index in [2.05, 4.69) is 23.1 Å². The van der Waals surface area contributed by atoms with Gasteiger partial charge in [-0.05, 0) is 30.7 Å². The highest BCUT2D eigenvalue weighted by molar-refractivity contribution is 6.30. The molecule has 0 aliphatic carbocycles. The summed E-state index contributed by atoms with van der Waals surface area (Å²) in [6.45, 7) is 8.45. The van der Waals surface area contributed by atoms with Gasteiger partial charge in [0.05, 0.1) is 32.4 Å². The number of ether oxygens (including phenoxy) is 3. The van der Waals surface area contributed by atoms with Crippen LogP contribution >= 0.6 is 11.6 Å². The predicted molar refractivity (Wildman–Crippen MR) is 125 cm³/mol. The van der Waals surface area contributed by atoms with Crippen molar-refractivity contribution in [3.05, 3.63) is 47.2 Å². The molecule has 1 unspecified atom stereocenters. The van der Waals surface area contributed by atoms with Crippen LogP contribution in [0.15, 0.2) is 36.7 Å². The van der Waals surface area contributed by atoms with Crippen molar-refractivity contribution in [3.63, 3.8) is 0 Å². The molecule has 0 radical (unpaired) electrons. The zero-order valence-corrected chi connectivity index (χ0v) is 20.0. The number of hydrogen-bond donors (Lipinski definition) is 0. The molecule has 0 saturated carbocycles. The van der Waals surface area contributed by atoms with Crippen LogP contribution in [0.5, 0.6) is 5.75 Å². The molecule has 9 heteroatoms. The molecular formula is C24H33ClN4O4. The van der Waals surface area contributed by atoms with Crippen LogP contribution in [0.4, 0.5) is 0 Å². The number of amides is 1. The van der Waals surface area contributed by atoms with Crippen LogP contribution in [0.2, 0.25) is 5.02 Å². The number of nitrogens with zero attached hydrogens (tertiary/aromatic N) is 4. The Morgan fingerprint density at radius 1 is 1.18 bits per heavy atom. The molecule has 1 aromatic heterocycles. The van der Waals surface area contributed by atoms with Gasteiger partial charge in [0.15, 0.2) is 0 Å². The molecule has 1 aromatic carbocycles. The van der Waals surface area contributed by atoms with Gasteiger partial charge < -0.3 is 19.1 Å². The van der Waals surface area contributed by atoms with E-state index in [9.17, 15) is 4.79 Å². The first kappa shape index (κ1) is 24.0. The summed E-state index contributed by atoms with van der Waals surface area (Å²) >= 11 is 6.01. The summed E-state index contributed by atoms with van der Waals surface area (Å²) < 4.78 is 19.8.